The molecule has 0 saturated carbocycles. The number of aromatic nitrogens is 2. The second-order valence-electron chi connectivity index (χ2n) is 3.02. The Labute approximate surface area is 98.1 Å². The van der Waals surface area contributed by atoms with Gasteiger partial charge in [0.25, 0.3) is 0 Å². The minimum Gasteiger partial charge on any atom is -0.398 e. The van der Waals surface area contributed by atoms with E-state index in [-0.39, 0.29) is 0 Å². The maximum atomic E-state index is 5.77. The fourth-order valence-corrected chi connectivity index (χ4v) is 1.48. The van der Waals surface area contributed by atoms with Gasteiger partial charge in [0, 0.05) is 16.8 Å². The molecule has 0 saturated heterocycles. The van der Waals surface area contributed by atoms with Crippen molar-refractivity contribution in [1.29, 1.82) is 0 Å². The monoisotopic (exact) mass is 221 g/mol. The molecule has 1 aromatic carbocycles. The number of H-pyrrole nitrogens is 1. The number of aryl methyl sites for hydroxylation is 2. The van der Waals surface area contributed by atoms with Gasteiger partial charge in [-0.15, -0.1) is 0 Å². The molecule has 0 spiro atoms. The molecular weight excluding hydrogens is 198 g/mol. The third-order valence-electron chi connectivity index (χ3n) is 2.20. The average molecular weight is 221 g/mol. The summed E-state index contributed by atoms with van der Waals surface area (Å²) in [5.74, 6) is 0. The zero-order valence-corrected chi connectivity index (χ0v) is 11.2. The van der Waals surface area contributed by atoms with Gasteiger partial charge in [0.2, 0.25) is 0 Å². The molecule has 0 unspecified atom stereocenters. The van der Waals surface area contributed by atoms with Crippen LogP contribution in [0.3, 0.4) is 0 Å². The zero-order chi connectivity index (χ0) is 12.7. The van der Waals surface area contributed by atoms with Gasteiger partial charge in [-0.3, -0.25) is 5.10 Å². The molecule has 0 atom stereocenters. The Kier molecular flexibility index (Phi) is 6.23. The average Bonchev–Trinajstić information content (AvgIpc) is 2.72. The highest BCUT2D eigenvalue weighted by Crippen LogP contribution is 2.23. The van der Waals surface area contributed by atoms with E-state index >= 15 is 0 Å². The number of nitrogens with zero attached hydrogens (tertiary/aromatic N) is 1. The van der Waals surface area contributed by atoms with E-state index in [1.165, 1.54) is 0 Å². The molecule has 0 amide bonds. The van der Waals surface area contributed by atoms with Crippen molar-refractivity contribution >= 4 is 16.6 Å². The minimum absolute atomic E-state index is 0.826. The SMILES string of the molecule is CC.CC.Cc1[nH]nc2ccc(N)c(C)c12. The summed E-state index contributed by atoms with van der Waals surface area (Å²) in [5.41, 5.74) is 9.77. The van der Waals surface area contributed by atoms with Crippen LogP contribution in [0, 0.1) is 13.8 Å². The molecule has 90 valence electrons. The van der Waals surface area contributed by atoms with Gasteiger partial charge in [0.1, 0.15) is 0 Å². The van der Waals surface area contributed by atoms with Crippen molar-refractivity contribution in [3.8, 4) is 0 Å². The Balaban J connectivity index is 0.000000509. The summed E-state index contributed by atoms with van der Waals surface area (Å²) >= 11 is 0. The maximum Gasteiger partial charge on any atom is 0.0927 e. The van der Waals surface area contributed by atoms with Crippen LogP contribution < -0.4 is 5.73 Å². The minimum atomic E-state index is 0.826. The molecule has 0 aliphatic heterocycles. The van der Waals surface area contributed by atoms with E-state index in [1.807, 2.05) is 53.7 Å². The third kappa shape index (κ3) is 2.75. The molecule has 3 N–H and O–H groups in total. The standard InChI is InChI=1S/C9H11N3.2C2H6/c1-5-7(10)3-4-8-9(5)6(2)11-12-8;2*1-2/h3-4H,10H2,1-2H3,(H,11,12);2*1-2H3. The highest BCUT2D eigenvalue weighted by atomic mass is 15.1. The van der Waals surface area contributed by atoms with E-state index in [0.29, 0.717) is 0 Å². The van der Waals surface area contributed by atoms with Crippen LogP contribution in [-0.2, 0) is 0 Å². The molecule has 0 aliphatic carbocycles. The predicted molar refractivity (Wildman–Crippen MR) is 72.7 cm³/mol. The predicted octanol–water partition coefficient (Wildman–Crippen LogP) is 3.81. The van der Waals surface area contributed by atoms with Gasteiger partial charge in [-0.25, -0.2) is 0 Å². The Morgan fingerprint density at radius 3 is 2.19 bits per heavy atom. The summed E-state index contributed by atoms with van der Waals surface area (Å²) in [5, 5.41) is 8.23. The van der Waals surface area contributed by atoms with Crippen molar-refractivity contribution in [3.05, 3.63) is 23.4 Å². The summed E-state index contributed by atoms with van der Waals surface area (Å²) < 4.78 is 0. The van der Waals surface area contributed by atoms with Gasteiger partial charge >= 0.3 is 0 Å². The van der Waals surface area contributed by atoms with Crippen molar-refractivity contribution in [3.63, 3.8) is 0 Å². The quantitative estimate of drug-likeness (QED) is 0.664. The van der Waals surface area contributed by atoms with Crippen LogP contribution in [0.15, 0.2) is 12.1 Å². The number of benzene rings is 1. The fraction of sp³-hybridized carbons (Fsp3) is 0.462. The lowest BCUT2D eigenvalue weighted by Crippen LogP contribution is -1.89. The first-order valence-electron chi connectivity index (χ1n) is 5.90. The third-order valence-corrected chi connectivity index (χ3v) is 2.20. The molecule has 16 heavy (non-hydrogen) atoms. The second-order valence-corrected chi connectivity index (χ2v) is 3.02. The van der Waals surface area contributed by atoms with Gasteiger partial charge in [-0.05, 0) is 31.5 Å². The zero-order valence-electron chi connectivity index (χ0n) is 11.2. The van der Waals surface area contributed by atoms with Crippen LogP contribution in [0.1, 0.15) is 39.0 Å². The van der Waals surface area contributed by atoms with Crippen molar-refractivity contribution in [1.82, 2.24) is 10.2 Å². The van der Waals surface area contributed by atoms with E-state index in [1.54, 1.807) is 0 Å². The van der Waals surface area contributed by atoms with Gasteiger partial charge in [0.05, 0.1) is 5.52 Å². The number of hydrogen-bond donors (Lipinski definition) is 2. The number of aromatic amines is 1. The number of anilines is 1. The molecule has 0 fully saturated rings. The molecule has 2 rings (SSSR count). The lowest BCUT2D eigenvalue weighted by atomic mass is 10.1. The van der Waals surface area contributed by atoms with Crippen LogP contribution >= 0.6 is 0 Å². The Bertz CT molecular complexity index is 430. The number of rotatable bonds is 0. The largest absolute Gasteiger partial charge is 0.398 e. The molecule has 3 nitrogen and oxygen atoms in total. The second kappa shape index (κ2) is 6.88. The molecule has 2 aromatic rings. The van der Waals surface area contributed by atoms with Crippen LogP contribution in [0.2, 0.25) is 0 Å². The van der Waals surface area contributed by atoms with Gasteiger partial charge in [0.15, 0.2) is 0 Å². The fourth-order valence-electron chi connectivity index (χ4n) is 1.48. The number of nitrogen functional groups attached to an aromatic ring is 1. The summed E-state index contributed by atoms with van der Waals surface area (Å²) in [6.45, 7) is 12.0. The van der Waals surface area contributed by atoms with Crippen molar-refractivity contribution < 1.29 is 0 Å². The van der Waals surface area contributed by atoms with Crippen molar-refractivity contribution in [2.45, 2.75) is 41.5 Å². The molecule has 3 heteroatoms. The summed E-state index contributed by atoms with van der Waals surface area (Å²) in [7, 11) is 0. The molecule has 0 radical (unpaired) electrons. The molecule has 0 aliphatic rings. The van der Waals surface area contributed by atoms with Gasteiger partial charge < -0.3 is 5.73 Å². The number of fused-ring (bicyclic) bond motifs is 1. The molecular formula is C13H23N3. The first-order valence-corrected chi connectivity index (χ1v) is 5.90. The molecule has 1 heterocycles. The summed E-state index contributed by atoms with van der Waals surface area (Å²) in [6, 6.07) is 3.82. The van der Waals surface area contributed by atoms with Crippen LogP contribution in [-0.4, -0.2) is 10.2 Å². The first-order chi connectivity index (χ1) is 7.70. The van der Waals surface area contributed by atoms with Crippen molar-refractivity contribution in [2.24, 2.45) is 0 Å². The Hall–Kier alpha value is -1.51. The number of nitrogens with one attached hydrogen (secondary N) is 1. The van der Waals surface area contributed by atoms with Crippen molar-refractivity contribution in [2.75, 3.05) is 5.73 Å². The Morgan fingerprint density at radius 2 is 1.62 bits per heavy atom. The van der Waals surface area contributed by atoms with Crippen LogP contribution in [0.25, 0.3) is 10.9 Å². The number of hydrogen-bond acceptors (Lipinski definition) is 2. The van der Waals surface area contributed by atoms with Crippen LogP contribution in [0.5, 0.6) is 0 Å². The van der Waals surface area contributed by atoms with E-state index in [0.717, 1.165) is 27.8 Å². The summed E-state index contributed by atoms with van der Waals surface area (Å²) in [4.78, 5) is 0. The highest BCUT2D eigenvalue weighted by Gasteiger charge is 2.05. The maximum absolute atomic E-state index is 5.77. The number of nitrogens with two attached hydrogens (primary N) is 1. The smallest absolute Gasteiger partial charge is 0.0927 e. The van der Waals surface area contributed by atoms with Gasteiger partial charge in [-0.1, -0.05) is 27.7 Å². The lowest BCUT2D eigenvalue weighted by Gasteiger charge is -2.00. The normalized spacial score (nSPS) is 8.88. The molecule has 0 bridgehead atoms. The lowest BCUT2D eigenvalue weighted by molar-refractivity contribution is 1.07. The van der Waals surface area contributed by atoms with E-state index < -0.39 is 0 Å². The highest BCUT2D eigenvalue weighted by molar-refractivity contribution is 5.88. The first kappa shape index (κ1) is 14.5. The Morgan fingerprint density at radius 1 is 1.06 bits per heavy atom. The van der Waals surface area contributed by atoms with Gasteiger partial charge in [-0.2, -0.15) is 5.10 Å². The summed E-state index contributed by atoms with van der Waals surface area (Å²) in [6.07, 6.45) is 0. The molecule has 1 aromatic heterocycles. The van der Waals surface area contributed by atoms with E-state index in [2.05, 4.69) is 10.2 Å². The van der Waals surface area contributed by atoms with E-state index in [4.69, 9.17) is 5.73 Å². The topological polar surface area (TPSA) is 54.7 Å². The van der Waals surface area contributed by atoms with E-state index in [9.17, 15) is 0 Å². The van der Waals surface area contributed by atoms with Crippen LogP contribution in [0.4, 0.5) is 5.69 Å².